The Labute approximate surface area is 136 Å². The van der Waals surface area contributed by atoms with Gasteiger partial charge in [-0.2, -0.15) is 15.2 Å². The molecule has 1 radical (unpaired) electrons. The van der Waals surface area contributed by atoms with E-state index in [4.69, 9.17) is 9.84 Å². The highest BCUT2D eigenvalue weighted by Gasteiger charge is 2.25. The third-order valence-electron chi connectivity index (χ3n) is 3.93. The molecule has 123 valence electrons. The Morgan fingerprint density at radius 1 is 1.35 bits per heavy atom. The fourth-order valence-electron chi connectivity index (χ4n) is 2.79. The topological polar surface area (TPSA) is 77.8 Å². The van der Waals surface area contributed by atoms with E-state index >= 15 is 0 Å². The molecule has 0 amide bonds. The van der Waals surface area contributed by atoms with Gasteiger partial charge in [-0.1, -0.05) is 5.10 Å². The largest absolute Gasteiger partial charge is 0.466 e. The van der Waals surface area contributed by atoms with E-state index < -0.39 is 0 Å². The molecule has 0 aliphatic heterocycles. The van der Waals surface area contributed by atoms with Gasteiger partial charge in [-0.15, -0.1) is 0 Å². The minimum Gasteiger partial charge on any atom is -0.466 e. The van der Waals surface area contributed by atoms with Gasteiger partial charge in [0.15, 0.2) is 5.82 Å². The molecule has 0 bridgehead atoms. The summed E-state index contributed by atoms with van der Waals surface area (Å²) in [6.45, 7) is 6.40. The molecule has 7 nitrogen and oxygen atoms in total. The van der Waals surface area contributed by atoms with Crippen LogP contribution in [-0.2, 0) is 5.54 Å². The molecule has 0 saturated heterocycles. The van der Waals surface area contributed by atoms with Gasteiger partial charge in [0.05, 0.1) is 24.5 Å². The molecule has 0 spiro atoms. The summed E-state index contributed by atoms with van der Waals surface area (Å²) in [6.07, 6.45) is 7.36. The summed E-state index contributed by atoms with van der Waals surface area (Å²) in [5, 5.41) is 15.8. The maximum atomic E-state index is 5.03. The first-order chi connectivity index (χ1) is 11.0. The van der Waals surface area contributed by atoms with Crippen LogP contribution in [0.3, 0.4) is 0 Å². The van der Waals surface area contributed by atoms with Crippen molar-refractivity contribution in [3.8, 4) is 6.01 Å². The number of hydrogen-bond acceptors (Lipinski definition) is 6. The van der Waals surface area contributed by atoms with Gasteiger partial charge in [0.25, 0.3) is 0 Å². The van der Waals surface area contributed by atoms with Crippen LogP contribution < -0.4 is 10.1 Å². The summed E-state index contributed by atoms with van der Waals surface area (Å²) in [7, 11) is 1.52. The molecule has 2 aromatic heterocycles. The predicted molar refractivity (Wildman–Crippen MR) is 87.8 cm³/mol. The number of nitrogens with one attached hydrogen (secondary N) is 1. The predicted octanol–water partition coefficient (Wildman–Crippen LogP) is 3.05. The zero-order valence-corrected chi connectivity index (χ0v) is 14.1. The van der Waals surface area contributed by atoms with Crippen molar-refractivity contribution in [1.29, 1.82) is 0 Å². The molecule has 1 aliphatic carbocycles. The van der Waals surface area contributed by atoms with Crippen LogP contribution in [0.5, 0.6) is 6.01 Å². The van der Waals surface area contributed by atoms with E-state index in [2.05, 4.69) is 53.8 Å². The number of ether oxygens (including phenoxy) is 1. The lowest BCUT2D eigenvalue weighted by atomic mass is 10.0. The zero-order chi connectivity index (χ0) is 16.4. The molecule has 1 saturated carbocycles. The number of aromatic nitrogens is 5. The van der Waals surface area contributed by atoms with Crippen LogP contribution in [0.1, 0.15) is 51.6 Å². The number of methoxy groups -OCH3 is 1. The van der Waals surface area contributed by atoms with Crippen molar-refractivity contribution in [2.75, 3.05) is 12.4 Å². The summed E-state index contributed by atoms with van der Waals surface area (Å²) >= 11 is 0. The molecule has 1 aliphatic rings. The summed E-state index contributed by atoms with van der Waals surface area (Å²) < 4.78 is 7.03. The lowest BCUT2D eigenvalue weighted by Crippen LogP contribution is -2.25. The molecule has 0 unspecified atom stereocenters. The summed E-state index contributed by atoms with van der Waals surface area (Å²) in [4.78, 5) is 4.26. The van der Waals surface area contributed by atoms with Crippen molar-refractivity contribution < 1.29 is 4.74 Å². The fourth-order valence-corrected chi connectivity index (χ4v) is 2.79. The van der Waals surface area contributed by atoms with Gasteiger partial charge in [-0.05, 0) is 46.5 Å². The Morgan fingerprint density at radius 3 is 2.83 bits per heavy atom. The van der Waals surface area contributed by atoms with Gasteiger partial charge in [0.1, 0.15) is 5.82 Å². The SMILES string of the molecule is COc1nncc(Nc2cc([C@H]3C[CH]CC3)nn2C(C)(C)C)n1. The van der Waals surface area contributed by atoms with Gasteiger partial charge in [0, 0.05) is 12.0 Å². The highest BCUT2D eigenvalue weighted by atomic mass is 16.5. The first-order valence-electron chi connectivity index (χ1n) is 7.90. The lowest BCUT2D eigenvalue weighted by Gasteiger charge is -2.22. The second-order valence-electron chi connectivity index (χ2n) is 6.79. The van der Waals surface area contributed by atoms with Crippen LogP contribution in [0.15, 0.2) is 12.3 Å². The first kappa shape index (κ1) is 15.7. The van der Waals surface area contributed by atoms with E-state index in [0.29, 0.717) is 11.7 Å². The highest BCUT2D eigenvalue weighted by molar-refractivity contribution is 5.52. The molecule has 0 aromatic carbocycles. The van der Waals surface area contributed by atoms with E-state index in [1.54, 1.807) is 6.20 Å². The van der Waals surface area contributed by atoms with Gasteiger partial charge < -0.3 is 10.1 Å². The van der Waals surface area contributed by atoms with Gasteiger partial charge in [-0.3, -0.25) is 0 Å². The van der Waals surface area contributed by atoms with Crippen LogP contribution in [0, 0.1) is 6.42 Å². The molecular formula is C16H23N6O. The third-order valence-corrected chi connectivity index (χ3v) is 3.93. The average molecular weight is 315 g/mol. The third kappa shape index (κ3) is 3.43. The van der Waals surface area contributed by atoms with Crippen LogP contribution in [0.4, 0.5) is 11.6 Å². The highest BCUT2D eigenvalue weighted by Crippen LogP contribution is 2.35. The van der Waals surface area contributed by atoms with Crippen molar-refractivity contribution in [2.45, 2.75) is 51.5 Å². The molecule has 2 heterocycles. The Kier molecular flexibility index (Phi) is 4.19. The van der Waals surface area contributed by atoms with Crippen molar-refractivity contribution in [3.05, 3.63) is 24.4 Å². The number of anilines is 2. The van der Waals surface area contributed by atoms with Crippen LogP contribution in [0.25, 0.3) is 0 Å². The average Bonchev–Trinajstić information content (AvgIpc) is 3.15. The minimum absolute atomic E-state index is 0.132. The van der Waals surface area contributed by atoms with Crippen molar-refractivity contribution in [1.82, 2.24) is 25.0 Å². The Balaban J connectivity index is 1.92. The number of hydrogen-bond donors (Lipinski definition) is 1. The van der Waals surface area contributed by atoms with Crippen LogP contribution in [0.2, 0.25) is 0 Å². The molecule has 3 rings (SSSR count). The Morgan fingerprint density at radius 2 is 2.17 bits per heavy atom. The lowest BCUT2D eigenvalue weighted by molar-refractivity contribution is 0.356. The molecule has 23 heavy (non-hydrogen) atoms. The first-order valence-corrected chi connectivity index (χ1v) is 7.90. The normalized spacial score (nSPS) is 15.8. The zero-order valence-electron chi connectivity index (χ0n) is 14.1. The van der Waals surface area contributed by atoms with E-state index in [-0.39, 0.29) is 11.5 Å². The molecule has 1 N–H and O–H groups in total. The Bertz CT molecular complexity index is 669. The monoisotopic (exact) mass is 315 g/mol. The maximum Gasteiger partial charge on any atom is 0.337 e. The molecule has 7 heteroatoms. The standard InChI is InChI=1S/C16H23N6O/c1-16(2,3)22-14(9-12(21-22)11-7-5-6-8-11)18-13-10-17-20-15(19-13)23-4/h5,9-11H,6-8H2,1-4H3,(H,18,19,20)/t11-/m0/s1. The molecule has 1 fully saturated rings. The summed E-state index contributed by atoms with van der Waals surface area (Å²) in [5.74, 6) is 2.01. The minimum atomic E-state index is -0.132. The van der Waals surface area contributed by atoms with Crippen LogP contribution >= 0.6 is 0 Å². The second-order valence-corrected chi connectivity index (χ2v) is 6.79. The number of rotatable bonds is 4. The Hall–Kier alpha value is -2.18. The summed E-state index contributed by atoms with van der Waals surface area (Å²) in [5.41, 5.74) is 0.998. The quantitative estimate of drug-likeness (QED) is 0.934. The van der Waals surface area contributed by atoms with Crippen molar-refractivity contribution in [2.24, 2.45) is 0 Å². The van der Waals surface area contributed by atoms with Crippen molar-refractivity contribution in [3.63, 3.8) is 0 Å². The van der Waals surface area contributed by atoms with E-state index in [0.717, 1.165) is 17.9 Å². The van der Waals surface area contributed by atoms with E-state index in [1.807, 2.05) is 4.68 Å². The smallest absolute Gasteiger partial charge is 0.337 e. The number of nitrogens with zero attached hydrogens (tertiary/aromatic N) is 5. The second kappa shape index (κ2) is 6.14. The molecule has 1 atom stereocenters. The van der Waals surface area contributed by atoms with Crippen molar-refractivity contribution >= 4 is 11.6 Å². The van der Waals surface area contributed by atoms with Gasteiger partial charge in [-0.25, -0.2) is 4.68 Å². The van der Waals surface area contributed by atoms with E-state index in [9.17, 15) is 0 Å². The molecule has 2 aromatic rings. The van der Waals surface area contributed by atoms with Gasteiger partial charge >= 0.3 is 6.01 Å². The maximum absolute atomic E-state index is 5.03. The summed E-state index contributed by atoms with van der Waals surface area (Å²) in [6, 6.07) is 2.35. The fraction of sp³-hybridized carbons (Fsp3) is 0.562. The van der Waals surface area contributed by atoms with E-state index in [1.165, 1.54) is 20.0 Å². The molecular weight excluding hydrogens is 292 g/mol. The van der Waals surface area contributed by atoms with Crippen LogP contribution in [-0.4, -0.2) is 32.1 Å². The van der Waals surface area contributed by atoms with Gasteiger partial charge in [0.2, 0.25) is 0 Å².